The van der Waals surface area contributed by atoms with Gasteiger partial charge in [-0.2, -0.15) is 0 Å². The number of carbonyl (C=O) groups excluding carboxylic acids is 1. The summed E-state index contributed by atoms with van der Waals surface area (Å²) in [6.07, 6.45) is 2.97. The van der Waals surface area contributed by atoms with Crippen molar-refractivity contribution in [3.05, 3.63) is 35.4 Å². The van der Waals surface area contributed by atoms with Gasteiger partial charge in [0.05, 0.1) is 11.5 Å². The zero-order valence-corrected chi connectivity index (χ0v) is 15.3. The lowest BCUT2D eigenvalue weighted by atomic mass is 10.1. The summed E-state index contributed by atoms with van der Waals surface area (Å²) in [4.78, 5) is 16.4. The first-order valence-electron chi connectivity index (χ1n) is 8.59. The summed E-state index contributed by atoms with van der Waals surface area (Å²) >= 11 is 0. The third kappa shape index (κ3) is 3.81. The Balaban J connectivity index is 1.49. The summed E-state index contributed by atoms with van der Waals surface area (Å²) in [6.45, 7) is 0.614. The maximum atomic E-state index is 12.5. The Labute approximate surface area is 144 Å². The van der Waals surface area contributed by atoms with Gasteiger partial charge in [-0.05, 0) is 37.4 Å². The van der Waals surface area contributed by atoms with Gasteiger partial charge in [0.2, 0.25) is 5.91 Å². The highest BCUT2D eigenvalue weighted by Gasteiger charge is 2.31. The molecular formula is C18H26N2O3S. The monoisotopic (exact) mass is 350 g/mol. The first-order chi connectivity index (χ1) is 11.4. The predicted molar refractivity (Wildman–Crippen MR) is 94.7 cm³/mol. The molecular weight excluding hydrogens is 324 g/mol. The van der Waals surface area contributed by atoms with Gasteiger partial charge in [-0.15, -0.1) is 0 Å². The Hall–Kier alpha value is -1.40. The first kappa shape index (κ1) is 17.4. The van der Waals surface area contributed by atoms with Crippen LogP contribution in [-0.4, -0.2) is 68.4 Å². The Morgan fingerprint density at radius 3 is 2.29 bits per heavy atom. The van der Waals surface area contributed by atoms with Gasteiger partial charge < -0.3 is 9.80 Å². The van der Waals surface area contributed by atoms with Crippen molar-refractivity contribution >= 4 is 15.7 Å². The van der Waals surface area contributed by atoms with Gasteiger partial charge in [-0.3, -0.25) is 4.79 Å². The summed E-state index contributed by atoms with van der Waals surface area (Å²) < 4.78 is 23.1. The van der Waals surface area contributed by atoms with Crippen LogP contribution in [-0.2, 0) is 27.5 Å². The van der Waals surface area contributed by atoms with Crippen LogP contribution in [0.15, 0.2) is 24.3 Å². The number of amides is 1. The molecule has 1 heterocycles. The zero-order chi connectivity index (χ0) is 17.3. The van der Waals surface area contributed by atoms with Crippen LogP contribution in [0, 0.1) is 0 Å². The lowest BCUT2D eigenvalue weighted by Gasteiger charge is -2.27. The second-order valence-corrected chi connectivity index (χ2v) is 9.35. The summed E-state index contributed by atoms with van der Waals surface area (Å²) in [5.74, 6) is 0.641. The fourth-order valence-corrected chi connectivity index (χ4v) is 5.57. The van der Waals surface area contributed by atoms with Crippen LogP contribution in [0.4, 0.5) is 0 Å². The van der Waals surface area contributed by atoms with E-state index >= 15 is 0 Å². The van der Waals surface area contributed by atoms with E-state index in [2.05, 4.69) is 12.1 Å². The number of hydrogen-bond acceptors (Lipinski definition) is 4. The van der Waals surface area contributed by atoms with E-state index in [-0.39, 0.29) is 29.5 Å². The Morgan fingerprint density at radius 1 is 1.12 bits per heavy atom. The molecule has 1 fully saturated rings. The molecule has 6 heteroatoms. The largest absolute Gasteiger partial charge is 0.342 e. The minimum Gasteiger partial charge on any atom is -0.342 e. The summed E-state index contributed by atoms with van der Waals surface area (Å²) in [6, 6.07) is 8.68. The number of rotatable bonds is 5. The van der Waals surface area contributed by atoms with Gasteiger partial charge in [0.25, 0.3) is 0 Å². The highest BCUT2D eigenvalue weighted by atomic mass is 32.2. The van der Waals surface area contributed by atoms with Gasteiger partial charge in [0.15, 0.2) is 9.84 Å². The van der Waals surface area contributed by atoms with Crippen molar-refractivity contribution in [2.24, 2.45) is 0 Å². The fourth-order valence-electron chi connectivity index (χ4n) is 3.77. The van der Waals surface area contributed by atoms with Crippen molar-refractivity contribution in [1.29, 1.82) is 0 Å². The molecule has 24 heavy (non-hydrogen) atoms. The second kappa shape index (κ2) is 6.84. The molecule has 1 aliphatic carbocycles. The lowest BCUT2D eigenvalue weighted by molar-refractivity contribution is -0.132. The molecule has 0 saturated carbocycles. The Morgan fingerprint density at radius 2 is 1.75 bits per heavy atom. The molecule has 1 aromatic rings. The van der Waals surface area contributed by atoms with E-state index in [9.17, 15) is 13.2 Å². The summed E-state index contributed by atoms with van der Waals surface area (Å²) in [5, 5.41) is 0. The topological polar surface area (TPSA) is 57.7 Å². The van der Waals surface area contributed by atoms with Crippen LogP contribution in [0.5, 0.6) is 0 Å². The highest BCUT2D eigenvalue weighted by molar-refractivity contribution is 7.91. The molecule has 0 aromatic heterocycles. The quantitative estimate of drug-likeness (QED) is 0.799. The summed E-state index contributed by atoms with van der Waals surface area (Å²) in [7, 11) is 0.933. The smallest absolute Gasteiger partial charge is 0.223 e. The molecule has 1 amide bonds. The van der Waals surface area contributed by atoms with E-state index in [1.165, 1.54) is 11.1 Å². The van der Waals surface area contributed by atoms with Crippen LogP contribution in [0.25, 0.3) is 0 Å². The molecule has 0 N–H and O–H groups in total. The third-order valence-corrected chi connectivity index (χ3v) is 7.23. The number of sulfone groups is 1. The van der Waals surface area contributed by atoms with E-state index in [0.29, 0.717) is 19.4 Å². The van der Waals surface area contributed by atoms with E-state index < -0.39 is 9.84 Å². The first-order valence-corrected chi connectivity index (χ1v) is 10.4. The van der Waals surface area contributed by atoms with E-state index in [1.54, 1.807) is 0 Å². The normalized spacial score (nSPS) is 22.7. The van der Waals surface area contributed by atoms with Crippen LogP contribution >= 0.6 is 0 Å². The van der Waals surface area contributed by atoms with E-state index in [1.807, 2.05) is 36.0 Å². The van der Waals surface area contributed by atoms with Crippen LogP contribution in [0.2, 0.25) is 0 Å². The van der Waals surface area contributed by atoms with Crippen LogP contribution < -0.4 is 0 Å². The Bertz CT molecular complexity index is 692. The number of hydrogen-bond donors (Lipinski definition) is 0. The maximum absolute atomic E-state index is 12.5. The van der Waals surface area contributed by atoms with Crippen molar-refractivity contribution in [2.75, 3.05) is 32.1 Å². The number of likely N-dealkylation sites (N-methyl/N-ethyl adjacent to an activating group) is 1. The Kier molecular flexibility index (Phi) is 4.97. The number of nitrogens with zero attached hydrogens (tertiary/aromatic N) is 2. The predicted octanol–water partition coefficient (Wildman–Crippen LogP) is 1.12. The molecule has 1 atom stereocenters. The van der Waals surface area contributed by atoms with E-state index in [4.69, 9.17) is 0 Å². The van der Waals surface area contributed by atoms with Gasteiger partial charge in [-0.25, -0.2) is 8.42 Å². The highest BCUT2D eigenvalue weighted by Crippen LogP contribution is 2.25. The van der Waals surface area contributed by atoms with Gasteiger partial charge in [0, 0.05) is 32.1 Å². The maximum Gasteiger partial charge on any atom is 0.223 e. The van der Waals surface area contributed by atoms with Crippen LogP contribution in [0.1, 0.15) is 24.0 Å². The van der Waals surface area contributed by atoms with E-state index in [0.717, 1.165) is 12.8 Å². The van der Waals surface area contributed by atoms with Crippen molar-refractivity contribution in [3.8, 4) is 0 Å². The van der Waals surface area contributed by atoms with Gasteiger partial charge in [0.1, 0.15) is 0 Å². The molecule has 0 spiro atoms. The molecule has 1 saturated heterocycles. The summed E-state index contributed by atoms with van der Waals surface area (Å²) in [5.41, 5.74) is 2.69. The number of carbonyl (C=O) groups is 1. The molecule has 0 radical (unpaired) electrons. The zero-order valence-electron chi connectivity index (χ0n) is 14.4. The molecule has 1 aliphatic heterocycles. The molecule has 1 aromatic carbocycles. The number of fused-ring (bicyclic) bond motifs is 1. The van der Waals surface area contributed by atoms with Crippen molar-refractivity contribution in [1.82, 2.24) is 9.80 Å². The van der Waals surface area contributed by atoms with Crippen molar-refractivity contribution in [2.45, 2.75) is 37.8 Å². The molecule has 5 nitrogen and oxygen atoms in total. The molecule has 3 rings (SSSR count). The lowest BCUT2D eigenvalue weighted by Crippen LogP contribution is -2.40. The molecule has 0 bridgehead atoms. The second-order valence-electron chi connectivity index (χ2n) is 7.12. The van der Waals surface area contributed by atoms with Gasteiger partial charge in [-0.1, -0.05) is 24.3 Å². The van der Waals surface area contributed by atoms with Gasteiger partial charge >= 0.3 is 0 Å². The molecule has 2 aliphatic rings. The van der Waals surface area contributed by atoms with Crippen molar-refractivity contribution < 1.29 is 13.2 Å². The average Bonchev–Trinajstić information content (AvgIpc) is 3.14. The van der Waals surface area contributed by atoms with Crippen molar-refractivity contribution in [3.63, 3.8) is 0 Å². The minimum absolute atomic E-state index is 0.0591. The van der Waals surface area contributed by atoms with Crippen LogP contribution in [0.3, 0.4) is 0 Å². The SMILES string of the molecule is CN(C(=O)CCN(C)[C@@H]1CCS(=O)(=O)C1)C1Cc2ccccc2C1. The fraction of sp³-hybridized carbons (Fsp3) is 0.611. The average molecular weight is 350 g/mol. The third-order valence-electron chi connectivity index (χ3n) is 5.48. The molecule has 132 valence electrons. The standard InChI is InChI=1S/C18H26N2O3S/c1-19(16-8-10-24(22,23)13-16)9-7-18(21)20(2)17-11-14-5-3-4-6-15(14)12-17/h3-6,16-17H,7-13H2,1-2H3/t16-/m1/s1. The minimum atomic E-state index is -2.88. The number of benzene rings is 1. The molecule has 0 unspecified atom stereocenters.